The molecule has 4 aromatic rings. The fraction of sp³-hybridized carbons (Fsp3) is 0.231. The molecule has 174 valence electrons. The first-order valence-corrected chi connectivity index (χ1v) is 11.9. The summed E-state index contributed by atoms with van der Waals surface area (Å²) in [5.74, 6) is 0.486. The van der Waals surface area contributed by atoms with E-state index in [0.717, 1.165) is 48.5 Å². The van der Waals surface area contributed by atoms with Crippen molar-refractivity contribution in [3.63, 3.8) is 0 Å². The van der Waals surface area contributed by atoms with Gasteiger partial charge in [0.1, 0.15) is 11.6 Å². The monoisotopic (exact) mass is 496 g/mol. The second-order valence-electron chi connectivity index (χ2n) is 8.47. The average molecular weight is 497 g/mol. The first kappa shape index (κ1) is 22.8. The molecule has 0 aliphatic carbocycles. The van der Waals surface area contributed by atoms with Crippen molar-refractivity contribution in [2.75, 3.05) is 18.4 Å². The molecule has 1 aliphatic heterocycles. The fourth-order valence-corrected chi connectivity index (χ4v) is 4.80. The van der Waals surface area contributed by atoms with Crippen molar-refractivity contribution < 1.29 is 9.18 Å². The maximum atomic E-state index is 13.5. The van der Waals surface area contributed by atoms with Crippen LogP contribution in [0.3, 0.4) is 0 Å². The standard InChI is InChI=1S/C26H23Cl2FN4O/c27-20-4-3-6-22(25(20)28)31-26(34)17-12-14-32(15-13-17)16-24-30-21-5-1-2-7-23(21)33(24)19-10-8-18(29)9-11-19/h1-11,17H,12-16H2,(H,31,34). The molecule has 5 rings (SSSR count). The molecule has 1 N–H and O–H groups in total. The minimum absolute atomic E-state index is 0.0395. The van der Waals surface area contributed by atoms with Crippen LogP contribution in [0.25, 0.3) is 16.7 Å². The number of anilines is 1. The van der Waals surface area contributed by atoms with Crippen molar-refractivity contribution >= 4 is 45.8 Å². The van der Waals surface area contributed by atoms with Crippen LogP contribution in [0.15, 0.2) is 66.7 Å². The number of fused-ring (bicyclic) bond motifs is 1. The van der Waals surface area contributed by atoms with E-state index in [2.05, 4.69) is 14.8 Å². The van der Waals surface area contributed by atoms with Crippen LogP contribution in [0.1, 0.15) is 18.7 Å². The Hall–Kier alpha value is -2.93. The Bertz CT molecular complexity index is 1330. The van der Waals surface area contributed by atoms with Gasteiger partial charge in [0.15, 0.2) is 0 Å². The molecule has 0 unspecified atom stereocenters. The van der Waals surface area contributed by atoms with Crippen LogP contribution in [0.5, 0.6) is 0 Å². The number of nitrogens with one attached hydrogen (secondary N) is 1. The summed E-state index contributed by atoms with van der Waals surface area (Å²) < 4.78 is 15.6. The molecule has 8 heteroatoms. The minimum Gasteiger partial charge on any atom is -0.324 e. The van der Waals surface area contributed by atoms with Crippen molar-refractivity contribution in [2.24, 2.45) is 5.92 Å². The number of nitrogens with zero attached hydrogens (tertiary/aromatic N) is 3. The topological polar surface area (TPSA) is 50.2 Å². The van der Waals surface area contributed by atoms with E-state index >= 15 is 0 Å². The van der Waals surface area contributed by atoms with Gasteiger partial charge in [0.05, 0.1) is 33.3 Å². The number of halogens is 3. The lowest BCUT2D eigenvalue weighted by Crippen LogP contribution is -2.38. The van der Waals surface area contributed by atoms with Gasteiger partial charge < -0.3 is 5.32 Å². The fourth-order valence-electron chi connectivity index (χ4n) is 4.45. The molecule has 34 heavy (non-hydrogen) atoms. The zero-order valence-corrected chi connectivity index (χ0v) is 19.9. The summed E-state index contributed by atoms with van der Waals surface area (Å²) in [4.78, 5) is 20.0. The molecule has 0 bridgehead atoms. The second kappa shape index (κ2) is 9.74. The number of amides is 1. The number of para-hydroxylation sites is 2. The first-order valence-electron chi connectivity index (χ1n) is 11.2. The molecule has 3 aromatic carbocycles. The molecule has 0 saturated carbocycles. The third-order valence-electron chi connectivity index (χ3n) is 6.25. The van der Waals surface area contributed by atoms with Crippen molar-refractivity contribution in [3.8, 4) is 5.69 Å². The predicted octanol–water partition coefficient (Wildman–Crippen LogP) is 6.32. The number of hydrogen-bond acceptors (Lipinski definition) is 3. The largest absolute Gasteiger partial charge is 0.324 e. The number of likely N-dealkylation sites (tertiary alicyclic amines) is 1. The van der Waals surface area contributed by atoms with Gasteiger partial charge in [0, 0.05) is 11.6 Å². The highest BCUT2D eigenvalue weighted by atomic mass is 35.5. The molecular formula is C26H23Cl2FN4O. The Kier molecular flexibility index (Phi) is 6.55. The first-order chi connectivity index (χ1) is 16.5. The normalized spacial score (nSPS) is 15.0. The Morgan fingerprint density at radius 3 is 2.50 bits per heavy atom. The lowest BCUT2D eigenvalue weighted by Gasteiger charge is -2.31. The summed E-state index contributed by atoms with van der Waals surface area (Å²) in [6.07, 6.45) is 1.47. The molecule has 1 aromatic heterocycles. The third kappa shape index (κ3) is 4.67. The third-order valence-corrected chi connectivity index (χ3v) is 7.07. The molecule has 0 radical (unpaired) electrons. The molecule has 0 atom stereocenters. The molecule has 0 spiro atoms. The van der Waals surface area contributed by atoms with Gasteiger partial charge in [0.2, 0.25) is 5.91 Å². The zero-order chi connectivity index (χ0) is 23.7. The molecule has 2 heterocycles. The summed E-state index contributed by atoms with van der Waals surface area (Å²) in [5, 5.41) is 3.69. The highest BCUT2D eigenvalue weighted by Gasteiger charge is 2.27. The zero-order valence-electron chi connectivity index (χ0n) is 18.3. The number of rotatable bonds is 5. The quantitative estimate of drug-likeness (QED) is 0.351. The van der Waals surface area contributed by atoms with E-state index in [4.69, 9.17) is 28.2 Å². The summed E-state index contributed by atoms with van der Waals surface area (Å²) >= 11 is 12.3. The number of piperidine rings is 1. The Balaban J connectivity index is 1.29. The van der Waals surface area contributed by atoms with E-state index in [1.807, 2.05) is 24.3 Å². The summed E-state index contributed by atoms with van der Waals surface area (Å²) in [7, 11) is 0. The van der Waals surface area contributed by atoms with Crippen molar-refractivity contribution in [2.45, 2.75) is 19.4 Å². The van der Waals surface area contributed by atoms with E-state index in [9.17, 15) is 9.18 Å². The highest BCUT2D eigenvalue weighted by Crippen LogP contribution is 2.31. The maximum absolute atomic E-state index is 13.5. The molecule has 1 amide bonds. The Morgan fingerprint density at radius 1 is 1.00 bits per heavy atom. The predicted molar refractivity (Wildman–Crippen MR) is 134 cm³/mol. The number of carbonyl (C=O) groups is 1. The van der Waals surface area contributed by atoms with Gasteiger partial charge in [-0.2, -0.15) is 0 Å². The summed E-state index contributed by atoms with van der Waals surface area (Å²) in [5.41, 5.74) is 3.29. The van der Waals surface area contributed by atoms with E-state index in [1.165, 1.54) is 12.1 Å². The van der Waals surface area contributed by atoms with Crippen LogP contribution in [0, 0.1) is 11.7 Å². The van der Waals surface area contributed by atoms with Crippen LogP contribution < -0.4 is 5.32 Å². The molecule has 1 saturated heterocycles. The van der Waals surface area contributed by atoms with Crippen LogP contribution in [-0.4, -0.2) is 33.4 Å². The van der Waals surface area contributed by atoms with E-state index in [-0.39, 0.29) is 17.6 Å². The van der Waals surface area contributed by atoms with Crippen molar-refractivity contribution in [3.05, 3.63) is 88.4 Å². The van der Waals surface area contributed by atoms with Gasteiger partial charge in [-0.25, -0.2) is 9.37 Å². The summed E-state index contributed by atoms with van der Waals surface area (Å²) in [6, 6.07) is 19.6. The van der Waals surface area contributed by atoms with Gasteiger partial charge in [-0.1, -0.05) is 41.4 Å². The second-order valence-corrected chi connectivity index (χ2v) is 9.25. The lowest BCUT2D eigenvalue weighted by atomic mass is 9.96. The van der Waals surface area contributed by atoms with Crippen molar-refractivity contribution in [1.29, 1.82) is 0 Å². The van der Waals surface area contributed by atoms with E-state index in [1.54, 1.807) is 30.3 Å². The minimum atomic E-state index is -0.269. The van der Waals surface area contributed by atoms with Crippen LogP contribution in [-0.2, 0) is 11.3 Å². The van der Waals surface area contributed by atoms with Crippen LogP contribution in [0.4, 0.5) is 10.1 Å². The van der Waals surface area contributed by atoms with Gasteiger partial charge in [-0.05, 0) is 74.5 Å². The van der Waals surface area contributed by atoms with Gasteiger partial charge in [0.25, 0.3) is 0 Å². The molecule has 5 nitrogen and oxygen atoms in total. The van der Waals surface area contributed by atoms with Crippen molar-refractivity contribution in [1.82, 2.24) is 14.5 Å². The number of benzene rings is 3. The highest BCUT2D eigenvalue weighted by molar-refractivity contribution is 6.44. The van der Waals surface area contributed by atoms with Gasteiger partial charge >= 0.3 is 0 Å². The smallest absolute Gasteiger partial charge is 0.227 e. The van der Waals surface area contributed by atoms with E-state index in [0.29, 0.717) is 22.3 Å². The molecule has 1 aliphatic rings. The number of aromatic nitrogens is 2. The van der Waals surface area contributed by atoms with E-state index < -0.39 is 0 Å². The Morgan fingerprint density at radius 2 is 1.74 bits per heavy atom. The maximum Gasteiger partial charge on any atom is 0.227 e. The van der Waals surface area contributed by atoms with Crippen LogP contribution >= 0.6 is 23.2 Å². The molecular weight excluding hydrogens is 474 g/mol. The van der Waals surface area contributed by atoms with Gasteiger partial charge in [-0.3, -0.25) is 14.3 Å². The average Bonchev–Trinajstić information content (AvgIpc) is 3.21. The van der Waals surface area contributed by atoms with Gasteiger partial charge in [-0.15, -0.1) is 0 Å². The van der Waals surface area contributed by atoms with Crippen LogP contribution in [0.2, 0.25) is 10.0 Å². The lowest BCUT2D eigenvalue weighted by molar-refractivity contribution is -0.121. The SMILES string of the molecule is O=C(Nc1cccc(Cl)c1Cl)C1CCN(Cc2nc3ccccc3n2-c2ccc(F)cc2)CC1. The molecule has 1 fully saturated rings. The Labute approximate surface area is 207 Å². The number of hydrogen-bond donors (Lipinski definition) is 1. The summed E-state index contributed by atoms with van der Waals surface area (Å²) in [6.45, 7) is 2.18. The number of carbonyl (C=O) groups excluding carboxylic acids is 1. The number of imidazole rings is 1.